The first kappa shape index (κ1) is 18.1. The lowest BCUT2D eigenvalue weighted by Gasteiger charge is -2.20. The van der Waals surface area contributed by atoms with E-state index in [2.05, 4.69) is 0 Å². The summed E-state index contributed by atoms with van der Waals surface area (Å²) in [5.74, 6) is -1.000. The summed E-state index contributed by atoms with van der Waals surface area (Å²) in [6.07, 6.45) is 0. The summed E-state index contributed by atoms with van der Waals surface area (Å²) in [6.45, 7) is 1.87. The van der Waals surface area contributed by atoms with Crippen LogP contribution in [-0.4, -0.2) is 20.0 Å². The average Bonchev–Trinajstić information content (AvgIpc) is 2.68. The molecule has 28 heavy (non-hydrogen) atoms. The van der Waals surface area contributed by atoms with Crippen LogP contribution < -0.4 is 5.73 Å². The Morgan fingerprint density at radius 3 is 2.04 bits per heavy atom. The maximum absolute atomic E-state index is 12.9. The minimum atomic E-state index is -3.65. The van der Waals surface area contributed by atoms with Crippen LogP contribution in [0.15, 0.2) is 65.6 Å². The van der Waals surface area contributed by atoms with Crippen molar-refractivity contribution in [1.29, 1.82) is 0 Å². The predicted molar refractivity (Wildman–Crippen MR) is 106 cm³/mol. The number of benzene rings is 3. The molecule has 0 radical (unpaired) electrons. The van der Waals surface area contributed by atoms with E-state index in [0.717, 1.165) is 5.56 Å². The lowest BCUT2D eigenvalue weighted by atomic mass is 9.82. The number of aryl methyl sites for hydroxylation is 1. The van der Waals surface area contributed by atoms with Crippen molar-refractivity contribution in [2.24, 2.45) is 0 Å². The van der Waals surface area contributed by atoms with Crippen LogP contribution in [0.2, 0.25) is 0 Å². The number of carbonyl (C=O) groups excluding carboxylic acids is 2. The number of sulfone groups is 1. The molecule has 1 aliphatic carbocycles. The minimum Gasteiger partial charge on any atom is -0.398 e. The van der Waals surface area contributed by atoms with E-state index in [9.17, 15) is 18.0 Å². The lowest BCUT2D eigenvalue weighted by molar-refractivity contribution is 0.0979. The van der Waals surface area contributed by atoms with Gasteiger partial charge in [0.2, 0.25) is 0 Å². The van der Waals surface area contributed by atoms with Crippen LogP contribution in [0, 0.1) is 6.92 Å². The zero-order valence-corrected chi connectivity index (χ0v) is 15.9. The molecule has 0 fully saturated rings. The molecule has 0 aliphatic heterocycles. The summed E-state index contributed by atoms with van der Waals surface area (Å²) in [5.41, 5.74) is 8.39. The van der Waals surface area contributed by atoms with Gasteiger partial charge < -0.3 is 5.73 Å². The van der Waals surface area contributed by atoms with Gasteiger partial charge in [-0.3, -0.25) is 9.59 Å². The molecule has 4 rings (SSSR count). The van der Waals surface area contributed by atoms with Gasteiger partial charge in [0.05, 0.1) is 16.2 Å². The zero-order valence-electron chi connectivity index (χ0n) is 15.1. The topological polar surface area (TPSA) is 94.3 Å². The van der Waals surface area contributed by atoms with Crippen LogP contribution in [0.5, 0.6) is 0 Å². The number of nitrogen functional groups attached to an aromatic ring is 1. The molecular weight excluding hydrogens is 374 g/mol. The predicted octanol–water partition coefficient (Wildman–Crippen LogP) is 3.33. The van der Waals surface area contributed by atoms with E-state index in [1.165, 1.54) is 12.1 Å². The maximum atomic E-state index is 12.9. The van der Waals surface area contributed by atoms with Crippen LogP contribution in [0.1, 0.15) is 43.0 Å². The smallest absolute Gasteiger partial charge is 0.196 e. The Morgan fingerprint density at radius 2 is 1.39 bits per heavy atom. The van der Waals surface area contributed by atoms with Crippen molar-refractivity contribution < 1.29 is 18.0 Å². The van der Waals surface area contributed by atoms with Gasteiger partial charge in [-0.25, -0.2) is 8.42 Å². The molecule has 1 aliphatic rings. The van der Waals surface area contributed by atoms with Crippen molar-refractivity contribution >= 4 is 27.1 Å². The molecule has 5 nitrogen and oxygen atoms in total. The number of carbonyl (C=O) groups is 2. The van der Waals surface area contributed by atoms with E-state index in [1.54, 1.807) is 48.5 Å². The van der Waals surface area contributed by atoms with Crippen molar-refractivity contribution in [2.75, 3.05) is 5.73 Å². The second kappa shape index (κ2) is 6.42. The van der Waals surface area contributed by atoms with Gasteiger partial charge in [0.25, 0.3) is 0 Å². The summed E-state index contributed by atoms with van der Waals surface area (Å²) < 4.78 is 25.5. The standard InChI is InChI=1S/C22H17NO4S/c1-13-6-9-15(10-7-13)28(26,27)12-14-8-11-18-19(20(14)23)22(25)17-5-3-2-4-16(17)21(18)24/h2-11H,12,23H2,1H3. The number of fused-ring (bicyclic) bond motifs is 2. The fourth-order valence-corrected chi connectivity index (χ4v) is 4.79. The molecule has 0 amide bonds. The minimum absolute atomic E-state index is 0.0426. The molecule has 0 bridgehead atoms. The Kier molecular flexibility index (Phi) is 4.16. The third kappa shape index (κ3) is 2.82. The second-order valence-corrected chi connectivity index (χ2v) is 8.83. The Morgan fingerprint density at radius 1 is 0.786 bits per heavy atom. The van der Waals surface area contributed by atoms with E-state index in [0.29, 0.717) is 11.1 Å². The highest BCUT2D eigenvalue weighted by Crippen LogP contribution is 2.33. The van der Waals surface area contributed by atoms with E-state index in [1.807, 2.05) is 6.92 Å². The summed E-state index contributed by atoms with van der Waals surface area (Å²) in [4.78, 5) is 25.8. The summed E-state index contributed by atoms with van der Waals surface area (Å²) in [6, 6.07) is 16.1. The molecule has 0 saturated heterocycles. The Labute approximate surface area is 162 Å². The quantitative estimate of drug-likeness (QED) is 0.541. The SMILES string of the molecule is Cc1ccc(S(=O)(=O)Cc2ccc3c(c2N)C(=O)c2ccccc2C3=O)cc1. The molecule has 3 aromatic carbocycles. The van der Waals surface area contributed by atoms with Gasteiger partial charge in [-0.05, 0) is 30.7 Å². The number of hydrogen-bond acceptors (Lipinski definition) is 5. The van der Waals surface area contributed by atoms with Gasteiger partial charge in [0.1, 0.15) is 0 Å². The molecule has 0 atom stereocenters. The number of nitrogens with two attached hydrogens (primary N) is 1. The van der Waals surface area contributed by atoms with Crippen LogP contribution in [-0.2, 0) is 15.6 Å². The van der Waals surface area contributed by atoms with Gasteiger partial charge in [-0.2, -0.15) is 0 Å². The average molecular weight is 391 g/mol. The third-order valence-corrected chi connectivity index (χ3v) is 6.63. The summed E-state index contributed by atoms with van der Waals surface area (Å²) in [5, 5.41) is 0. The van der Waals surface area contributed by atoms with Gasteiger partial charge in [0, 0.05) is 22.4 Å². The Hall–Kier alpha value is -3.25. The van der Waals surface area contributed by atoms with E-state index >= 15 is 0 Å². The van der Waals surface area contributed by atoms with Crippen molar-refractivity contribution in [3.05, 3.63) is 94.0 Å². The van der Waals surface area contributed by atoms with Gasteiger partial charge >= 0.3 is 0 Å². The van der Waals surface area contributed by atoms with E-state index in [-0.39, 0.29) is 44.6 Å². The lowest BCUT2D eigenvalue weighted by Crippen LogP contribution is -2.23. The molecule has 6 heteroatoms. The second-order valence-electron chi connectivity index (χ2n) is 6.84. The molecular formula is C22H17NO4S. The van der Waals surface area contributed by atoms with Crippen LogP contribution in [0.3, 0.4) is 0 Å². The maximum Gasteiger partial charge on any atom is 0.196 e. The highest BCUT2D eigenvalue weighted by molar-refractivity contribution is 7.90. The number of rotatable bonds is 3. The molecule has 3 aromatic rings. The third-order valence-electron chi connectivity index (χ3n) is 4.95. The number of ketones is 2. The first-order chi connectivity index (χ1) is 13.3. The molecule has 2 N–H and O–H groups in total. The van der Waals surface area contributed by atoms with Gasteiger partial charge in [-0.15, -0.1) is 0 Å². The molecule has 0 saturated carbocycles. The van der Waals surface area contributed by atoms with Crippen LogP contribution in [0.4, 0.5) is 5.69 Å². The molecule has 0 unspecified atom stereocenters. The molecule has 0 aromatic heterocycles. The summed E-state index contributed by atoms with van der Waals surface area (Å²) >= 11 is 0. The van der Waals surface area contributed by atoms with Crippen molar-refractivity contribution in [1.82, 2.24) is 0 Å². The van der Waals surface area contributed by atoms with Crippen LogP contribution in [0.25, 0.3) is 0 Å². The van der Waals surface area contributed by atoms with Gasteiger partial charge in [-0.1, -0.05) is 48.0 Å². The molecule has 0 spiro atoms. The van der Waals surface area contributed by atoms with Crippen molar-refractivity contribution in [3.8, 4) is 0 Å². The molecule has 0 heterocycles. The zero-order chi connectivity index (χ0) is 20.1. The largest absolute Gasteiger partial charge is 0.398 e. The Balaban J connectivity index is 1.79. The highest BCUT2D eigenvalue weighted by atomic mass is 32.2. The number of anilines is 1. The summed E-state index contributed by atoms with van der Waals surface area (Å²) in [7, 11) is -3.65. The van der Waals surface area contributed by atoms with Crippen molar-refractivity contribution in [2.45, 2.75) is 17.6 Å². The van der Waals surface area contributed by atoms with Crippen LogP contribution >= 0.6 is 0 Å². The Bertz CT molecular complexity index is 1240. The molecule has 140 valence electrons. The monoisotopic (exact) mass is 391 g/mol. The fourth-order valence-electron chi connectivity index (χ4n) is 3.41. The first-order valence-electron chi connectivity index (χ1n) is 8.69. The highest BCUT2D eigenvalue weighted by Gasteiger charge is 2.32. The first-order valence-corrected chi connectivity index (χ1v) is 10.3. The normalized spacial score (nSPS) is 13.2. The van der Waals surface area contributed by atoms with E-state index < -0.39 is 9.84 Å². The van der Waals surface area contributed by atoms with E-state index in [4.69, 9.17) is 5.73 Å². The van der Waals surface area contributed by atoms with Gasteiger partial charge in [0.15, 0.2) is 21.4 Å². The van der Waals surface area contributed by atoms with Crippen molar-refractivity contribution in [3.63, 3.8) is 0 Å². The fraction of sp³-hybridized carbons (Fsp3) is 0.0909. The number of hydrogen-bond donors (Lipinski definition) is 1.